The molecule has 0 aliphatic carbocycles. The van der Waals surface area contributed by atoms with Crippen LogP contribution in [-0.2, 0) is 9.47 Å². The van der Waals surface area contributed by atoms with Crippen LogP contribution in [0, 0.1) is 10.1 Å². The Morgan fingerprint density at radius 2 is 1.95 bits per heavy atom. The Morgan fingerprint density at radius 1 is 1.20 bits per heavy atom. The lowest BCUT2D eigenvalue weighted by molar-refractivity contribution is -0.384. The molecule has 1 aliphatic heterocycles. The highest BCUT2D eigenvalue weighted by atomic mass is 16.7. The molecule has 1 aliphatic rings. The molecule has 6 heteroatoms. The van der Waals surface area contributed by atoms with Crippen molar-refractivity contribution in [3.8, 4) is 11.1 Å². The zero-order valence-electron chi connectivity index (χ0n) is 10.6. The summed E-state index contributed by atoms with van der Waals surface area (Å²) >= 11 is 0. The number of para-hydroxylation sites is 1. The first kappa shape index (κ1) is 12.7. The number of hydrogen-bond donors (Lipinski definition) is 0. The predicted molar refractivity (Wildman–Crippen MR) is 71.0 cm³/mol. The second kappa shape index (κ2) is 5.36. The van der Waals surface area contributed by atoms with Crippen LogP contribution in [0.4, 0.5) is 5.69 Å². The summed E-state index contributed by atoms with van der Waals surface area (Å²) in [4.78, 5) is 14.9. The molecular formula is C14H12N2O4. The summed E-state index contributed by atoms with van der Waals surface area (Å²) in [5.41, 5.74) is 1.97. The third-order valence-corrected chi connectivity index (χ3v) is 3.06. The number of benzene rings is 1. The van der Waals surface area contributed by atoms with E-state index >= 15 is 0 Å². The van der Waals surface area contributed by atoms with Gasteiger partial charge in [0.15, 0.2) is 0 Å². The average molecular weight is 272 g/mol. The molecule has 20 heavy (non-hydrogen) atoms. The molecule has 1 fully saturated rings. The van der Waals surface area contributed by atoms with E-state index in [4.69, 9.17) is 9.47 Å². The van der Waals surface area contributed by atoms with Gasteiger partial charge in [-0.3, -0.25) is 15.1 Å². The molecule has 0 spiro atoms. The quantitative estimate of drug-likeness (QED) is 0.634. The molecule has 2 heterocycles. The molecule has 0 bridgehead atoms. The number of nitro groups is 1. The van der Waals surface area contributed by atoms with Gasteiger partial charge in [-0.25, -0.2) is 0 Å². The van der Waals surface area contributed by atoms with Crippen LogP contribution in [0.1, 0.15) is 12.0 Å². The van der Waals surface area contributed by atoms with Crippen LogP contribution in [0.25, 0.3) is 11.1 Å². The summed E-state index contributed by atoms with van der Waals surface area (Å²) in [6.07, 6.45) is 1.12. The van der Waals surface area contributed by atoms with E-state index in [1.165, 1.54) is 6.07 Å². The van der Waals surface area contributed by atoms with Crippen LogP contribution in [0.2, 0.25) is 0 Å². The summed E-state index contributed by atoms with van der Waals surface area (Å²) < 4.78 is 10.8. The van der Waals surface area contributed by atoms with Crippen LogP contribution in [0.3, 0.4) is 0 Å². The van der Waals surface area contributed by atoms with Gasteiger partial charge in [-0.15, -0.1) is 0 Å². The summed E-state index contributed by atoms with van der Waals surface area (Å²) in [5, 5.41) is 11.1. The topological polar surface area (TPSA) is 74.5 Å². The van der Waals surface area contributed by atoms with Crippen LogP contribution in [0.5, 0.6) is 0 Å². The molecule has 102 valence electrons. The molecule has 3 rings (SSSR count). The number of hydrogen-bond acceptors (Lipinski definition) is 5. The van der Waals surface area contributed by atoms with E-state index in [0.29, 0.717) is 24.5 Å². The molecule has 0 radical (unpaired) electrons. The Hall–Kier alpha value is -2.31. The van der Waals surface area contributed by atoms with Crippen molar-refractivity contribution in [3.05, 3.63) is 58.4 Å². The van der Waals surface area contributed by atoms with Crippen molar-refractivity contribution >= 4 is 5.69 Å². The molecular weight excluding hydrogens is 260 g/mol. The Bertz CT molecular complexity index is 639. The van der Waals surface area contributed by atoms with Crippen molar-refractivity contribution in [2.45, 2.75) is 6.29 Å². The summed E-state index contributed by atoms with van der Waals surface area (Å²) in [7, 11) is 0. The highest BCUT2D eigenvalue weighted by Crippen LogP contribution is 2.31. The van der Waals surface area contributed by atoms with Crippen molar-refractivity contribution in [2.24, 2.45) is 0 Å². The number of nitrogens with zero attached hydrogens (tertiary/aromatic N) is 2. The second-order valence-electron chi connectivity index (χ2n) is 4.32. The lowest BCUT2D eigenvalue weighted by atomic mass is 10.0. The SMILES string of the molecule is O=[N+]([O-])c1ccccc1-c1ccnc(C2OCCO2)c1. The van der Waals surface area contributed by atoms with Gasteiger partial charge in [0.2, 0.25) is 6.29 Å². The van der Waals surface area contributed by atoms with Gasteiger partial charge in [0.05, 0.1) is 29.4 Å². The minimum absolute atomic E-state index is 0.0675. The van der Waals surface area contributed by atoms with Gasteiger partial charge < -0.3 is 9.47 Å². The third kappa shape index (κ3) is 2.38. The first-order valence-corrected chi connectivity index (χ1v) is 6.18. The van der Waals surface area contributed by atoms with E-state index in [1.807, 2.05) is 0 Å². The predicted octanol–water partition coefficient (Wildman–Crippen LogP) is 2.70. The lowest BCUT2D eigenvalue weighted by Crippen LogP contribution is -2.01. The van der Waals surface area contributed by atoms with Crippen LogP contribution >= 0.6 is 0 Å². The van der Waals surface area contributed by atoms with Gasteiger partial charge in [-0.1, -0.05) is 12.1 Å². The van der Waals surface area contributed by atoms with E-state index in [2.05, 4.69) is 4.98 Å². The monoisotopic (exact) mass is 272 g/mol. The fraction of sp³-hybridized carbons (Fsp3) is 0.214. The van der Waals surface area contributed by atoms with E-state index in [-0.39, 0.29) is 5.69 Å². The van der Waals surface area contributed by atoms with Crippen LogP contribution < -0.4 is 0 Å². The minimum Gasteiger partial charge on any atom is -0.345 e. The molecule has 6 nitrogen and oxygen atoms in total. The van der Waals surface area contributed by atoms with E-state index in [9.17, 15) is 10.1 Å². The molecule has 0 saturated carbocycles. The minimum atomic E-state index is -0.488. The Labute approximate surface area is 115 Å². The van der Waals surface area contributed by atoms with Gasteiger partial charge >= 0.3 is 0 Å². The Morgan fingerprint density at radius 3 is 2.70 bits per heavy atom. The maximum atomic E-state index is 11.1. The number of nitro benzene ring substituents is 1. The lowest BCUT2D eigenvalue weighted by Gasteiger charge is -2.10. The average Bonchev–Trinajstić information content (AvgIpc) is 3.01. The van der Waals surface area contributed by atoms with E-state index in [1.54, 1.807) is 36.5 Å². The normalized spacial score (nSPS) is 15.4. The molecule has 2 aromatic rings. The smallest absolute Gasteiger partial charge is 0.277 e. The number of rotatable bonds is 3. The number of pyridine rings is 1. The van der Waals surface area contributed by atoms with Crippen LogP contribution in [0.15, 0.2) is 42.6 Å². The summed E-state index contributed by atoms with van der Waals surface area (Å²) in [6.45, 7) is 1.06. The van der Waals surface area contributed by atoms with Gasteiger partial charge in [-0.05, 0) is 23.8 Å². The molecule has 0 unspecified atom stereocenters. The fourth-order valence-electron chi connectivity index (χ4n) is 2.15. The number of aromatic nitrogens is 1. The highest BCUT2D eigenvalue weighted by molar-refractivity contribution is 5.73. The van der Waals surface area contributed by atoms with Gasteiger partial charge in [0.25, 0.3) is 5.69 Å². The second-order valence-corrected chi connectivity index (χ2v) is 4.32. The van der Waals surface area contributed by atoms with Crippen LogP contribution in [-0.4, -0.2) is 23.1 Å². The standard InChI is InChI=1S/C14H12N2O4/c17-16(18)13-4-2-1-3-11(13)10-5-6-15-12(9-10)14-19-7-8-20-14/h1-6,9,14H,7-8H2. The largest absolute Gasteiger partial charge is 0.345 e. The van der Waals surface area contributed by atoms with Gasteiger partial charge in [0, 0.05) is 12.3 Å². The molecule has 0 atom stereocenters. The Kier molecular flexibility index (Phi) is 3.41. The third-order valence-electron chi connectivity index (χ3n) is 3.06. The van der Waals surface area contributed by atoms with Gasteiger partial charge in [-0.2, -0.15) is 0 Å². The highest BCUT2D eigenvalue weighted by Gasteiger charge is 2.21. The maximum Gasteiger partial charge on any atom is 0.277 e. The maximum absolute atomic E-state index is 11.1. The fourth-order valence-corrected chi connectivity index (χ4v) is 2.15. The summed E-state index contributed by atoms with van der Waals surface area (Å²) in [5.74, 6) is 0. The van der Waals surface area contributed by atoms with Gasteiger partial charge in [0.1, 0.15) is 0 Å². The molecule has 0 amide bonds. The van der Waals surface area contributed by atoms with Crippen molar-refractivity contribution in [2.75, 3.05) is 13.2 Å². The first-order valence-electron chi connectivity index (χ1n) is 6.18. The molecule has 0 N–H and O–H groups in total. The van der Waals surface area contributed by atoms with E-state index < -0.39 is 11.2 Å². The zero-order chi connectivity index (χ0) is 13.9. The molecule has 1 saturated heterocycles. The van der Waals surface area contributed by atoms with Crippen molar-refractivity contribution < 1.29 is 14.4 Å². The van der Waals surface area contributed by atoms with E-state index in [0.717, 1.165) is 5.56 Å². The first-order chi connectivity index (χ1) is 9.75. The number of ether oxygens (including phenoxy) is 2. The Balaban J connectivity index is 2.02. The van der Waals surface area contributed by atoms with Crippen molar-refractivity contribution in [1.82, 2.24) is 4.98 Å². The summed E-state index contributed by atoms with van der Waals surface area (Å²) in [6, 6.07) is 10.1. The van der Waals surface area contributed by atoms with Crippen molar-refractivity contribution in [3.63, 3.8) is 0 Å². The molecule has 1 aromatic heterocycles. The zero-order valence-corrected chi connectivity index (χ0v) is 10.6. The molecule has 1 aromatic carbocycles. The van der Waals surface area contributed by atoms with Crippen molar-refractivity contribution in [1.29, 1.82) is 0 Å².